The Morgan fingerprint density at radius 2 is 1.55 bits per heavy atom. The normalized spacial score (nSPS) is 58.6. The van der Waals surface area contributed by atoms with Crippen LogP contribution in [0.5, 0.6) is 0 Å². The van der Waals surface area contributed by atoms with E-state index in [1.54, 1.807) is 0 Å². The van der Waals surface area contributed by atoms with Gasteiger partial charge < -0.3 is 5.11 Å². The molecular formula is C19H32O. The standard InChI is InChI=1S/C19H32O/c1-18-11-4-3-5-13(18)6-7-14-15-8-9-17(20)19(15,2)12-10-16(14)18/h13-17,20H,3-12H2,1-2H3/t13?,14-,15-,16-,17?,18-,19-/m0/s1. The quantitative estimate of drug-likeness (QED) is 0.675. The molecule has 1 N–H and O–H groups in total. The van der Waals surface area contributed by atoms with Crippen LogP contribution in [0.2, 0.25) is 0 Å². The number of rotatable bonds is 0. The summed E-state index contributed by atoms with van der Waals surface area (Å²) in [6.07, 6.45) is 14.0. The number of fused-ring (bicyclic) bond motifs is 5. The van der Waals surface area contributed by atoms with Crippen molar-refractivity contribution in [3.05, 3.63) is 0 Å². The van der Waals surface area contributed by atoms with Gasteiger partial charge in [0.15, 0.2) is 0 Å². The van der Waals surface area contributed by atoms with Crippen molar-refractivity contribution in [3.63, 3.8) is 0 Å². The van der Waals surface area contributed by atoms with Gasteiger partial charge in [0.1, 0.15) is 0 Å². The Hall–Kier alpha value is -0.0400. The summed E-state index contributed by atoms with van der Waals surface area (Å²) in [6.45, 7) is 5.04. The molecule has 114 valence electrons. The van der Waals surface area contributed by atoms with Crippen molar-refractivity contribution in [1.29, 1.82) is 0 Å². The predicted octanol–water partition coefficient (Wildman–Crippen LogP) is 4.78. The average Bonchev–Trinajstić information content (AvgIpc) is 2.74. The summed E-state index contributed by atoms with van der Waals surface area (Å²) in [5.74, 6) is 3.76. The Labute approximate surface area is 124 Å². The molecular weight excluding hydrogens is 244 g/mol. The number of hydrogen-bond donors (Lipinski definition) is 1. The topological polar surface area (TPSA) is 20.2 Å². The molecule has 7 atom stereocenters. The third-order valence-corrected chi connectivity index (χ3v) is 8.53. The summed E-state index contributed by atoms with van der Waals surface area (Å²) in [6, 6.07) is 0. The molecule has 0 heterocycles. The minimum Gasteiger partial charge on any atom is -0.393 e. The van der Waals surface area contributed by atoms with E-state index in [4.69, 9.17) is 0 Å². The van der Waals surface area contributed by atoms with E-state index in [0.717, 1.165) is 30.1 Å². The molecule has 0 radical (unpaired) electrons. The van der Waals surface area contributed by atoms with Crippen LogP contribution in [0, 0.1) is 34.5 Å². The first-order chi connectivity index (χ1) is 9.56. The lowest BCUT2D eigenvalue weighted by atomic mass is 9.45. The lowest BCUT2D eigenvalue weighted by Gasteiger charge is -2.60. The number of aliphatic hydroxyl groups is 1. The van der Waals surface area contributed by atoms with Crippen LogP contribution in [0.15, 0.2) is 0 Å². The molecule has 4 fully saturated rings. The first-order valence-electron chi connectivity index (χ1n) is 9.24. The van der Waals surface area contributed by atoms with Crippen LogP contribution in [-0.4, -0.2) is 11.2 Å². The molecule has 0 aromatic rings. The summed E-state index contributed by atoms with van der Waals surface area (Å²) in [4.78, 5) is 0. The summed E-state index contributed by atoms with van der Waals surface area (Å²) >= 11 is 0. The zero-order chi connectivity index (χ0) is 14.0. The van der Waals surface area contributed by atoms with Crippen molar-refractivity contribution in [2.45, 2.75) is 84.2 Å². The van der Waals surface area contributed by atoms with Gasteiger partial charge in [-0.05, 0) is 85.9 Å². The molecule has 0 amide bonds. The van der Waals surface area contributed by atoms with Crippen LogP contribution in [0.1, 0.15) is 78.1 Å². The van der Waals surface area contributed by atoms with Gasteiger partial charge in [-0.1, -0.05) is 26.7 Å². The number of aliphatic hydroxyl groups excluding tert-OH is 1. The summed E-state index contributed by atoms with van der Waals surface area (Å²) < 4.78 is 0. The third kappa shape index (κ3) is 1.65. The molecule has 2 unspecified atom stereocenters. The molecule has 0 aromatic carbocycles. The minimum atomic E-state index is -0.00895. The van der Waals surface area contributed by atoms with Crippen molar-refractivity contribution in [1.82, 2.24) is 0 Å². The van der Waals surface area contributed by atoms with Gasteiger partial charge in [-0.3, -0.25) is 0 Å². The van der Waals surface area contributed by atoms with Gasteiger partial charge in [-0.25, -0.2) is 0 Å². The van der Waals surface area contributed by atoms with Crippen molar-refractivity contribution < 1.29 is 5.11 Å². The average molecular weight is 276 g/mol. The fourth-order valence-corrected chi connectivity index (χ4v) is 7.27. The Kier molecular flexibility index (Phi) is 3.05. The van der Waals surface area contributed by atoms with E-state index in [0.29, 0.717) is 5.41 Å². The Bertz CT molecular complexity index is 391. The SMILES string of the molecule is C[C@]12CCCCC1CC[C@@H]1[C@@H]2CC[C@]2(C)C(O)CC[C@@H]12. The Morgan fingerprint density at radius 1 is 0.750 bits per heavy atom. The van der Waals surface area contributed by atoms with Crippen molar-refractivity contribution in [2.75, 3.05) is 0 Å². The molecule has 20 heavy (non-hydrogen) atoms. The molecule has 4 saturated carbocycles. The van der Waals surface area contributed by atoms with Crippen molar-refractivity contribution in [2.24, 2.45) is 34.5 Å². The van der Waals surface area contributed by atoms with Crippen LogP contribution in [0.25, 0.3) is 0 Å². The highest BCUT2D eigenvalue weighted by Gasteiger charge is 2.59. The molecule has 0 spiro atoms. The van der Waals surface area contributed by atoms with Gasteiger partial charge in [-0.2, -0.15) is 0 Å². The zero-order valence-corrected chi connectivity index (χ0v) is 13.4. The molecule has 1 nitrogen and oxygen atoms in total. The van der Waals surface area contributed by atoms with Gasteiger partial charge in [0.2, 0.25) is 0 Å². The summed E-state index contributed by atoms with van der Waals surface area (Å²) in [5, 5.41) is 10.5. The molecule has 4 rings (SSSR count). The highest BCUT2D eigenvalue weighted by Crippen LogP contribution is 2.66. The van der Waals surface area contributed by atoms with Crippen LogP contribution >= 0.6 is 0 Å². The lowest BCUT2D eigenvalue weighted by molar-refractivity contribution is -0.120. The van der Waals surface area contributed by atoms with Crippen molar-refractivity contribution in [3.8, 4) is 0 Å². The maximum Gasteiger partial charge on any atom is 0.0596 e. The van der Waals surface area contributed by atoms with Gasteiger partial charge >= 0.3 is 0 Å². The Balaban J connectivity index is 1.64. The second-order valence-corrected chi connectivity index (χ2v) is 9.04. The molecule has 0 aliphatic heterocycles. The van der Waals surface area contributed by atoms with Gasteiger partial charge in [0.05, 0.1) is 6.10 Å². The van der Waals surface area contributed by atoms with Crippen LogP contribution in [0.4, 0.5) is 0 Å². The van der Waals surface area contributed by atoms with Gasteiger partial charge in [0.25, 0.3) is 0 Å². The van der Waals surface area contributed by atoms with E-state index in [9.17, 15) is 5.11 Å². The largest absolute Gasteiger partial charge is 0.393 e. The molecule has 0 bridgehead atoms. The lowest BCUT2D eigenvalue weighted by Crippen LogP contribution is -2.53. The smallest absolute Gasteiger partial charge is 0.0596 e. The van der Waals surface area contributed by atoms with E-state index >= 15 is 0 Å². The molecule has 0 aromatic heterocycles. The van der Waals surface area contributed by atoms with Gasteiger partial charge in [0, 0.05) is 0 Å². The van der Waals surface area contributed by atoms with E-state index in [2.05, 4.69) is 13.8 Å². The molecule has 4 aliphatic rings. The summed E-state index contributed by atoms with van der Waals surface area (Å²) in [5.41, 5.74) is 0.912. The fraction of sp³-hybridized carbons (Fsp3) is 1.00. The second kappa shape index (κ2) is 4.48. The van der Waals surface area contributed by atoms with E-state index in [-0.39, 0.29) is 11.5 Å². The van der Waals surface area contributed by atoms with Gasteiger partial charge in [-0.15, -0.1) is 0 Å². The molecule has 1 heteroatoms. The molecule has 4 aliphatic carbocycles. The summed E-state index contributed by atoms with van der Waals surface area (Å²) in [7, 11) is 0. The highest BCUT2D eigenvalue weighted by molar-refractivity contribution is 5.08. The predicted molar refractivity (Wildman–Crippen MR) is 82.4 cm³/mol. The third-order valence-electron chi connectivity index (χ3n) is 8.53. The van der Waals surface area contributed by atoms with Crippen LogP contribution in [0.3, 0.4) is 0 Å². The highest BCUT2D eigenvalue weighted by atomic mass is 16.3. The van der Waals surface area contributed by atoms with Crippen LogP contribution < -0.4 is 0 Å². The minimum absolute atomic E-state index is 0.00895. The first kappa shape index (κ1) is 13.6. The molecule has 0 saturated heterocycles. The zero-order valence-electron chi connectivity index (χ0n) is 13.4. The Morgan fingerprint density at radius 3 is 2.40 bits per heavy atom. The maximum absolute atomic E-state index is 10.5. The monoisotopic (exact) mass is 276 g/mol. The maximum atomic E-state index is 10.5. The van der Waals surface area contributed by atoms with E-state index in [1.165, 1.54) is 57.8 Å². The first-order valence-corrected chi connectivity index (χ1v) is 9.24. The number of hydrogen-bond acceptors (Lipinski definition) is 1. The van der Waals surface area contributed by atoms with E-state index < -0.39 is 0 Å². The fourth-order valence-electron chi connectivity index (χ4n) is 7.27. The second-order valence-electron chi connectivity index (χ2n) is 9.04. The van der Waals surface area contributed by atoms with Crippen LogP contribution in [-0.2, 0) is 0 Å². The van der Waals surface area contributed by atoms with E-state index in [1.807, 2.05) is 0 Å². The van der Waals surface area contributed by atoms with Crippen molar-refractivity contribution >= 4 is 0 Å².